The topological polar surface area (TPSA) is 68.0 Å². The molecule has 0 spiro atoms. The van der Waals surface area contributed by atoms with Crippen LogP contribution < -0.4 is 11.1 Å². The van der Waals surface area contributed by atoms with Gasteiger partial charge in [-0.2, -0.15) is 13.2 Å². The number of rotatable bonds is 2. The summed E-state index contributed by atoms with van der Waals surface area (Å²) >= 11 is 0. The van der Waals surface area contributed by atoms with E-state index in [1.54, 1.807) is 0 Å². The van der Waals surface area contributed by atoms with Crippen LogP contribution in [0.15, 0.2) is 36.5 Å². The molecule has 0 aliphatic rings. The van der Waals surface area contributed by atoms with E-state index in [-0.39, 0.29) is 11.4 Å². The Bertz CT molecular complexity index is 685. The Kier molecular flexibility index (Phi) is 3.79. The van der Waals surface area contributed by atoms with Crippen LogP contribution >= 0.6 is 0 Å². The Labute approximate surface area is 116 Å². The van der Waals surface area contributed by atoms with E-state index in [0.717, 1.165) is 12.1 Å². The van der Waals surface area contributed by atoms with Gasteiger partial charge in [0.05, 0.1) is 16.8 Å². The highest BCUT2D eigenvalue weighted by molar-refractivity contribution is 6.07. The van der Waals surface area contributed by atoms with Crippen molar-refractivity contribution in [3.63, 3.8) is 0 Å². The van der Waals surface area contributed by atoms with Gasteiger partial charge in [0.1, 0.15) is 5.82 Å². The number of aromatic nitrogens is 1. The number of anilines is 2. The summed E-state index contributed by atoms with van der Waals surface area (Å²) in [6, 6.07) is 5.35. The molecule has 1 heterocycles. The van der Waals surface area contributed by atoms with Crippen molar-refractivity contribution in [2.45, 2.75) is 6.18 Å². The molecule has 2 aromatic rings. The zero-order valence-corrected chi connectivity index (χ0v) is 10.4. The van der Waals surface area contributed by atoms with E-state index in [9.17, 15) is 22.4 Å². The zero-order chi connectivity index (χ0) is 15.6. The fourth-order valence-electron chi connectivity index (χ4n) is 1.65. The molecule has 2 rings (SSSR count). The van der Waals surface area contributed by atoms with Gasteiger partial charge in [-0.3, -0.25) is 4.79 Å². The van der Waals surface area contributed by atoms with Crippen LogP contribution in [0, 0.1) is 5.82 Å². The first-order valence-corrected chi connectivity index (χ1v) is 5.68. The SMILES string of the molecule is Nc1ncccc1C(=O)Nc1cccc(C(F)(F)F)c1F. The van der Waals surface area contributed by atoms with Gasteiger partial charge in [-0.05, 0) is 24.3 Å². The third kappa shape index (κ3) is 3.10. The van der Waals surface area contributed by atoms with Crippen LogP contribution in [0.4, 0.5) is 29.1 Å². The largest absolute Gasteiger partial charge is 0.419 e. The highest BCUT2D eigenvalue weighted by atomic mass is 19.4. The molecule has 1 amide bonds. The Morgan fingerprint density at radius 1 is 1.19 bits per heavy atom. The van der Waals surface area contributed by atoms with E-state index >= 15 is 0 Å². The maximum Gasteiger partial charge on any atom is 0.419 e. The third-order valence-electron chi connectivity index (χ3n) is 2.64. The average Bonchev–Trinajstić information content (AvgIpc) is 2.40. The Morgan fingerprint density at radius 2 is 1.90 bits per heavy atom. The van der Waals surface area contributed by atoms with Crippen LogP contribution in [0.5, 0.6) is 0 Å². The molecule has 1 aromatic carbocycles. The third-order valence-corrected chi connectivity index (χ3v) is 2.64. The number of nitrogens with two attached hydrogens (primary N) is 1. The number of halogens is 4. The minimum atomic E-state index is -4.85. The van der Waals surface area contributed by atoms with Gasteiger partial charge in [-0.15, -0.1) is 0 Å². The van der Waals surface area contributed by atoms with Crippen LogP contribution in [-0.4, -0.2) is 10.9 Å². The predicted octanol–water partition coefficient (Wildman–Crippen LogP) is 3.07. The number of nitrogen functional groups attached to an aromatic ring is 1. The number of benzene rings is 1. The number of amides is 1. The molecule has 0 aliphatic heterocycles. The van der Waals surface area contributed by atoms with Crippen LogP contribution in [0.1, 0.15) is 15.9 Å². The van der Waals surface area contributed by atoms with Gasteiger partial charge in [0.15, 0.2) is 5.82 Å². The first-order valence-electron chi connectivity index (χ1n) is 5.68. The fourth-order valence-corrected chi connectivity index (χ4v) is 1.65. The standard InChI is InChI=1S/C13H9F4N3O/c14-10-8(13(15,16)17)4-1-5-9(10)20-12(21)7-3-2-6-19-11(7)18/h1-6H,(H2,18,19)(H,20,21). The van der Waals surface area contributed by atoms with Crippen molar-refractivity contribution in [3.8, 4) is 0 Å². The van der Waals surface area contributed by atoms with Crippen LogP contribution in [-0.2, 0) is 6.18 Å². The summed E-state index contributed by atoms with van der Waals surface area (Å²) in [5.74, 6) is -2.51. The molecule has 8 heteroatoms. The smallest absolute Gasteiger partial charge is 0.383 e. The average molecular weight is 299 g/mol. The summed E-state index contributed by atoms with van der Waals surface area (Å²) in [5, 5.41) is 2.05. The van der Waals surface area contributed by atoms with Gasteiger partial charge < -0.3 is 11.1 Å². The molecule has 0 fully saturated rings. The summed E-state index contributed by atoms with van der Waals surface area (Å²) in [6.07, 6.45) is -3.50. The van der Waals surface area contributed by atoms with E-state index in [1.165, 1.54) is 18.3 Å². The fraction of sp³-hybridized carbons (Fsp3) is 0.0769. The quantitative estimate of drug-likeness (QED) is 0.837. The monoisotopic (exact) mass is 299 g/mol. The van der Waals surface area contributed by atoms with E-state index in [1.807, 2.05) is 5.32 Å². The van der Waals surface area contributed by atoms with E-state index in [4.69, 9.17) is 5.73 Å². The molecule has 0 bridgehead atoms. The lowest BCUT2D eigenvalue weighted by molar-refractivity contribution is -0.139. The summed E-state index contributed by atoms with van der Waals surface area (Å²) in [4.78, 5) is 15.5. The van der Waals surface area contributed by atoms with E-state index < -0.39 is 29.2 Å². The van der Waals surface area contributed by atoms with Gasteiger partial charge in [-0.1, -0.05) is 6.07 Å². The summed E-state index contributed by atoms with van der Waals surface area (Å²) in [6.45, 7) is 0. The minimum Gasteiger partial charge on any atom is -0.383 e. The lowest BCUT2D eigenvalue weighted by Gasteiger charge is -2.12. The predicted molar refractivity (Wildman–Crippen MR) is 68.0 cm³/mol. The molecule has 0 aliphatic carbocycles. The number of nitrogens with one attached hydrogen (secondary N) is 1. The molecular formula is C13H9F4N3O. The lowest BCUT2D eigenvalue weighted by Crippen LogP contribution is -2.17. The minimum absolute atomic E-state index is 0.0608. The Morgan fingerprint density at radius 3 is 2.52 bits per heavy atom. The van der Waals surface area contributed by atoms with Crippen LogP contribution in [0.2, 0.25) is 0 Å². The molecule has 0 saturated heterocycles. The second kappa shape index (κ2) is 5.39. The molecule has 3 N–H and O–H groups in total. The number of alkyl halides is 3. The summed E-state index contributed by atoms with van der Waals surface area (Å²) in [7, 11) is 0. The van der Waals surface area contributed by atoms with Crippen molar-refractivity contribution in [2.75, 3.05) is 11.1 Å². The normalized spacial score (nSPS) is 11.2. The number of nitrogens with zero attached hydrogens (tertiary/aromatic N) is 1. The van der Waals surface area contributed by atoms with Crippen molar-refractivity contribution in [1.82, 2.24) is 4.98 Å². The van der Waals surface area contributed by atoms with Crippen LogP contribution in [0.25, 0.3) is 0 Å². The number of carbonyl (C=O) groups excluding carboxylic acids is 1. The van der Waals surface area contributed by atoms with Crippen molar-refractivity contribution in [1.29, 1.82) is 0 Å². The molecule has 1 aromatic heterocycles. The van der Waals surface area contributed by atoms with Crippen molar-refractivity contribution >= 4 is 17.4 Å². The molecule has 0 unspecified atom stereocenters. The van der Waals surface area contributed by atoms with Crippen molar-refractivity contribution < 1.29 is 22.4 Å². The number of hydrogen-bond donors (Lipinski definition) is 2. The molecule has 0 atom stereocenters. The first-order chi connectivity index (χ1) is 9.80. The Hall–Kier alpha value is -2.64. The number of pyridine rings is 1. The Balaban J connectivity index is 2.33. The highest BCUT2D eigenvalue weighted by Gasteiger charge is 2.35. The maximum absolute atomic E-state index is 13.8. The summed E-state index contributed by atoms with van der Waals surface area (Å²) < 4.78 is 51.5. The molecular weight excluding hydrogens is 290 g/mol. The van der Waals surface area contributed by atoms with Gasteiger partial charge >= 0.3 is 6.18 Å². The van der Waals surface area contributed by atoms with Gasteiger partial charge in [0.25, 0.3) is 5.91 Å². The maximum atomic E-state index is 13.8. The van der Waals surface area contributed by atoms with Gasteiger partial charge in [0, 0.05) is 6.20 Å². The summed E-state index contributed by atoms with van der Waals surface area (Å²) in [5.41, 5.74) is 3.36. The number of carbonyl (C=O) groups is 1. The zero-order valence-electron chi connectivity index (χ0n) is 10.4. The second-order valence-corrected chi connectivity index (χ2v) is 4.06. The van der Waals surface area contributed by atoms with Gasteiger partial charge in [-0.25, -0.2) is 9.37 Å². The lowest BCUT2D eigenvalue weighted by atomic mass is 10.1. The van der Waals surface area contributed by atoms with E-state index in [2.05, 4.69) is 4.98 Å². The van der Waals surface area contributed by atoms with Crippen molar-refractivity contribution in [2.24, 2.45) is 0 Å². The van der Waals surface area contributed by atoms with Crippen molar-refractivity contribution in [3.05, 3.63) is 53.5 Å². The molecule has 0 saturated carbocycles. The van der Waals surface area contributed by atoms with Gasteiger partial charge in [0.2, 0.25) is 0 Å². The second-order valence-electron chi connectivity index (χ2n) is 4.06. The highest BCUT2D eigenvalue weighted by Crippen LogP contribution is 2.34. The number of hydrogen-bond acceptors (Lipinski definition) is 3. The molecule has 0 radical (unpaired) electrons. The molecule has 4 nitrogen and oxygen atoms in total. The van der Waals surface area contributed by atoms with Crippen LogP contribution in [0.3, 0.4) is 0 Å². The van der Waals surface area contributed by atoms with E-state index in [0.29, 0.717) is 6.07 Å². The first kappa shape index (κ1) is 14.8. The molecule has 110 valence electrons. The molecule has 21 heavy (non-hydrogen) atoms.